The molecule has 0 aliphatic heterocycles. The standard InChI is InChI=1S/C10H22N2O2/c1-3-10(14,4-2)8-12-9(13)6-5-7-11/h14H,3-8,11H2,1-2H3,(H,12,13). The molecule has 1 amide bonds. The molecular formula is C10H22N2O2. The SMILES string of the molecule is CCC(O)(CC)CNC(=O)CCCN. The molecule has 0 heterocycles. The molecule has 0 spiro atoms. The average Bonchev–Trinajstić information content (AvgIpc) is 2.23. The topological polar surface area (TPSA) is 75.3 Å². The molecule has 0 fully saturated rings. The average molecular weight is 202 g/mol. The van der Waals surface area contributed by atoms with Gasteiger partial charge in [0.05, 0.1) is 5.60 Å². The number of rotatable bonds is 7. The first kappa shape index (κ1) is 13.4. The highest BCUT2D eigenvalue weighted by atomic mass is 16.3. The summed E-state index contributed by atoms with van der Waals surface area (Å²) in [6.07, 6.45) is 2.45. The van der Waals surface area contributed by atoms with E-state index in [-0.39, 0.29) is 5.91 Å². The lowest BCUT2D eigenvalue weighted by molar-refractivity contribution is -0.122. The lowest BCUT2D eigenvalue weighted by atomic mass is 9.97. The van der Waals surface area contributed by atoms with Crippen LogP contribution in [0.4, 0.5) is 0 Å². The molecule has 14 heavy (non-hydrogen) atoms. The molecule has 0 bridgehead atoms. The van der Waals surface area contributed by atoms with Crippen molar-refractivity contribution < 1.29 is 9.90 Å². The summed E-state index contributed by atoms with van der Waals surface area (Å²) >= 11 is 0. The van der Waals surface area contributed by atoms with E-state index in [1.807, 2.05) is 13.8 Å². The van der Waals surface area contributed by atoms with Crippen LogP contribution in [-0.2, 0) is 4.79 Å². The first-order valence-corrected chi connectivity index (χ1v) is 5.27. The molecular weight excluding hydrogens is 180 g/mol. The van der Waals surface area contributed by atoms with Crippen molar-refractivity contribution in [2.45, 2.75) is 45.1 Å². The maximum atomic E-state index is 11.2. The fourth-order valence-electron chi connectivity index (χ4n) is 1.11. The smallest absolute Gasteiger partial charge is 0.220 e. The van der Waals surface area contributed by atoms with Crippen LogP contribution in [0.2, 0.25) is 0 Å². The predicted molar refractivity (Wildman–Crippen MR) is 56.8 cm³/mol. The molecule has 84 valence electrons. The molecule has 4 heteroatoms. The Hall–Kier alpha value is -0.610. The Balaban J connectivity index is 3.74. The lowest BCUT2D eigenvalue weighted by Gasteiger charge is -2.25. The molecule has 4 N–H and O–H groups in total. The Morgan fingerprint density at radius 1 is 1.43 bits per heavy atom. The van der Waals surface area contributed by atoms with E-state index in [0.29, 0.717) is 38.8 Å². The largest absolute Gasteiger partial charge is 0.388 e. The summed E-state index contributed by atoms with van der Waals surface area (Å²) in [5.41, 5.74) is 4.53. The van der Waals surface area contributed by atoms with Crippen molar-refractivity contribution in [1.82, 2.24) is 5.32 Å². The van der Waals surface area contributed by atoms with Crippen LogP contribution in [0.3, 0.4) is 0 Å². The van der Waals surface area contributed by atoms with Gasteiger partial charge in [0.1, 0.15) is 0 Å². The predicted octanol–water partition coefficient (Wildman–Crippen LogP) is 0.393. The molecule has 4 nitrogen and oxygen atoms in total. The number of nitrogens with two attached hydrogens (primary N) is 1. The summed E-state index contributed by atoms with van der Waals surface area (Å²) in [5, 5.41) is 12.6. The number of nitrogens with one attached hydrogen (secondary N) is 1. The number of hydrogen-bond donors (Lipinski definition) is 3. The fourth-order valence-corrected chi connectivity index (χ4v) is 1.11. The third kappa shape index (κ3) is 5.19. The highest BCUT2D eigenvalue weighted by Gasteiger charge is 2.22. The van der Waals surface area contributed by atoms with E-state index in [9.17, 15) is 9.90 Å². The molecule has 0 aromatic carbocycles. The second kappa shape index (κ2) is 6.79. The summed E-state index contributed by atoms with van der Waals surface area (Å²) < 4.78 is 0. The Labute approximate surface area is 85.9 Å². The van der Waals surface area contributed by atoms with E-state index in [1.54, 1.807) is 0 Å². The van der Waals surface area contributed by atoms with Gasteiger partial charge >= 0.3 is 0 Å². The van der Waals surface area contributed by atoms with Gasteiger partial charge in [-0.25, -0.2) is 0 Å². The van der Waals surface area contributed by atoms with E-state index in [2.05, 4.69) is 5.32 Å². The zero-order chi connectivity index (χ0) is 11.0. The normalized spacial score (nSPS) is 11.4. The van der Waals surface area contributed by atoms with Crippen molar-refractivity contribution in [2.24, 2.45) is 5.73 Å². The Morgan fingerprint density at radius 3 is 2.43 bits per heavy atom. The maximum Gasteiger partial charge on any atom is 0.220 e. The van der Waals surface area contributed by atoms with E-state index in [0.717, 1.165) is 0 Å². The number of carbonyl (C=O) groups excluding carboxylic acids is 1. The number of hydrogen-bond acceptors (Lipinski definition) is 3. The van der Waals surface area contributed by atoms with Gasteiger partial charge in [0.2, 0.25) is 5.91 Å². The fraction of sp³-hybridized carbons (Fsp3) is 0.900. The van der Waals surface area contributed by atoms with Crippen LogP contribution in [0.15, 0.2) is 0 Å². The molecule has 0 aromatic heterocycles. The van der Waals surface area contributed by atoms with Crippen molar-refractivity contribution in [3.05, 3.63) is 0 Å². The van der Waals surface area contributed by atoms with Crippen LogP contribution >= 0.6 is 0 Å². The summed E-state index contributed by atoms with van der Waals surface area (Å²) in [4.78, 5) is 11.2. The van der Waals surface area contributed by atoms with Crippen LogP contribution in [0.5, 0.6) is 0 Å². The summed E-state index contributed by atoms with van der Waals surface area (Å²) in [6.45, 7) is 4.69. The van der Waals surface area contributed by atoms with Gasteiger partial charge in [0.15, 0.2) is 0 Å². The second-order valence-corrected chi connectivity index (χ2v) is 3.60. The van der Waals surface area contributed by atoms with Crippen molar-refractivity contribution in [2.75, 3.05) is 13.1 Å². The number of aliphatic hydroxyl groups is 1. The van der Waals surface area contributed by atoms with Gasteiger partial charge in [-0.05, 0) is 25.8 Å². The molecule has 0 rings (SSSR count). The van der Waals surface area contributed by atoms with Gasteiger partial charge in [0, 0.05) is 13.0 Å². The van der Waals surface area contributed by atoms with Gasteiger partial charge in [-0.15, -0.1) is 0 Å². The van der Waals surface area contributed by atoms with E-state index < -0.39 is 5.60 Å². The Bertz CT molecular complexity index is 168. The van der Waals surface area contributed by atoms with Gasteiger partial charge in [-0.1, -0.05) is 13.8 Å². The van der Waals surface area contributed by atoms with E-state index in [1.165, 1.54) is 0 Å². The second-order valence-electron chi connectivity index (χ2n) is 3.60. The van der Waals surface area contributed by atoms with Crippen LogP contribution in [0, 0.1) is 0 Å². The van der Waals surface area contributed by atoms with Crippen LogP contribution in [-0.4, -0.2) is 29.7 Å². The van der Waals surface area contributed by atoms with Gasteiger partial charge in [-0.2, -0.15) is 0 Å². The van der Waals surface area contributed by atoms with Crippen molar-refractivity contribution >= 4 is 5.91 Å². The summed E-state index contributed by atoms with van der Waals surface area (Å²) in [7, 11) is 0. The first-order valence-electron chi connectivity index (χ1n) is 5.27. The third-order valence-electron chi connectivity index (χ3n) is 2.54. The zero-order valence-corrected chi connectivity index (χ0v) is 9.18. The molecule has 0 aromatic rings. The van der Waals surface area contributed by atoms with Crippen molar-refractivity contribution in [1.29, 1.82) is 0 Å². The van der Waals surface area contributed by atoms with Crippen LogP contribution < -0.4 is 11.1 Å². The molecule has 0 atom stereocenters. The highest BCUT2D eigenvalue weighted by molar-refractivity contribution is 5.75. The van der Waals surface area contributed by atoms with Crippen molar-refractivity contribution in [3.8, 4) is 0 Å². The van der Waals surface area contributed by atoms with Crippen LogP contribution in [0.1, 0.15) is 39.5 Å². The highest BCUT2D eigenvalue weighted by Crippen LogP contribution is 2.12. The summed E-state index contributed by atoms with van der Waals surface area (Å²) in [6, 6.07) is 0. The molecule has 0 aliphatic carbocycles. The minimum Gasteiger partial charge on any atom is -0.388 e. The minimum atomic E-state index is -0.752. The van der Waals surface area contributed by atoms with Crippen LogP contribution in [0.25, 0.3) is 0 Å². The lowest BCUT2D eigenvalue weighted by Crippen LogP contribution is -2.42. The first-order chi connectivity index (χ1) is 6.58. The third-order valence-corrected chi connectivity index (χ3v) is 2.54. The molecule has 0 saturated carbocycles. The summed E-state index contributed by atoms with van der Waals surface area (Å²) in [5.74, 6) is -0.0317. The Morgan fingerprint density at radius 2 is 2.00 bits per heavy atom. The quantitative estimate of drug-likeness (QED) is 0.559. The number of amides is 1. The zero-order valence-electron chi connectivity index (χ0n) is 9.18. The number of carbonyl (C=O) groups is 1. The van der Waals surface area contributed by atoms with Crippen molar-refractivity contribution in [3.63, 3.8) is 0 Å². The minimum absolute atomic E-state index is 0.0317. The molecule has 0 aliphatic rings. The van der Waals surface area contributed by atoms with Gasteiger partial charge in [0.25, 0.3) is 0 Å². The maximum absolute atomic E-state index is 11.2. The molecule has 0 saturated heterocycles. The monoisotopic (exact) mass is 202 g/mol. The molecule has 0 radical (unpaired) electrons. The van der Waals surface area contributed by atoms with Gasteiger partial charge in [-0.3, -0.25) is 4.79 Å². The van der Waals surface area contributed by atoms with Gasteiger partial charge < -0.3 is 16.2 Å². The Kier molecular flexibility index (Phi) is 6.49. The molecule has 0 unspecified atom stereocenters. The van der Waals surface area contributed by atoms with E-state index >= 15 is 0 Å². The van der Waals surface area contributed by atoms with E-state index in [4.69, 9.17) is 5.73 Å².